The highest BCUT2D eigenvalue weighted by Crippen LogP contribution is 2.53. The van der Waals surface area contributed by atoms with Gasteiger partial charge in [0.05, 0.1) is 97.1 Å². The Balaban J connectivity index is 0.000000116. The van der Waals surface area contributed by atoms with Crippen LogP contribution in [0.4, 0.5) is 0 Å². The average molecular weight is 2000 g/mol. The number of likely N-dealkylation sites (N-methyl/N-ethyl adjacent to an activating group) is 5. The minimum Gasteiger partial charge on any atom is -0.454 e. The molecule has 5 saturated heterocycles. The summed E-state index contributed by atoms with van der Waals surface area (Å²) in [6.07, 6.45) is -15.7. The molecule has 10 aromatic carbocycles. The number of piperazine rings is 5. The van der Waals surface area contributed by atoms with E-state index >= 15 is 0 Å². The summed E-state index contributed by atoms with van der Waals surface area (Å²) in [4.78, 5) is 154. The first kappa shape index (κ1) is 48.4. The molecule has 15 aliphatic rings. The number of H-pyrrole nitrogens is 5. The predicted octanol–water partition coefficient (Wildman–Crippen LogP) is 11.1. The number of para-hydroxylation sites is 5. The van der Waals surface area contributed by atoms with E-state index in [1.165, 1.54) is 72.8 Å². The van der Waals surface area contributed by atoms with Gasteiger partial charge in [0.25, 0.3) is 0 Å². The van der Waals surface area contributed by atoms with Crippen molar-refractivity contribution in [2.24, 2.45) is 0 Å². The van der Waals surface area contributed by atoms with Crippen molar-refractivity contribution >= 4 is 114 Å². The zero-order valence-corrected chi connectivity index (χ0v) is 73.6. The number of nitrogens with zero attached hydrogens (tertiary/aromatic N) is 10. The fraction of sp³-hybridized carbons (Fsp3) is 0.273. The van der Waals surface area contributed by atoms with Crippen LogP contribution in [0.1, 0.15) is 187 Å². The summed E-state index contributed by atoms with van der Waals surface area (Å²) < 4.78 is 502. The molecule has 0 bridgehead atoms. The normalized spacial score (nSPS) is 36.3. The molecule has 0 aliphatic carbocycles. The lowest BCUT2D eigenvalue weighted by Crippen LogP contribution is -2.62. The molecule has 0 spiro atoms. The third-order valence-electron chi connectivity index (χ3n) is 25.1. The summed E-state index contributed by atoms with van der Waals surface area (Å²) in [7, 11) is 1.13. The highest BCUT2D eigenvalue weighted by molar-refractivity contribution is 6.03. The molecule has 0 saturated carbocycles. The molecule has 30 rings (SSSR count). The summed E-state index contributed by atoms with van der Waals surface area (Å²) in [5, 5.41) is -0.877. The van der Waals surface area contributed by atoms with Gasteiger partial charge in [-0.05, 0) is 147 Å². The number of fused-ring (bicyclic) bond motifs is 25. The summed E-state index contributed by atoms with van der Waals surface area (Å²) in [6, 6.07) is -12.3. The van der Waals surface area contributed by atoms with Crippen molar-refractivity contribution in [3.63, 3.8) is 0 Å². The van der Waals surface area contributed by atoms with Crippen LogP contribution in [-0.4, -0.2) is 265 Å². The second-order valence-corrected chi connectivity index (χ2v) is 33.4. The molecular formula is C110H95N15O20. The van der Waals surface area contributed by atoms with Gasteiger partial charge in [-0.2, -0.15) is 0 Å². The van der Waals surface area contributed by atoms with Crippen molar-refractivity contribution in [2.75, 3.05) is 101 Å². The van der Waals surface area contributed by atoms with Gasteiger partial charge in [-0.15, -0.1) is 0 Å². The predicted molar refractivity (Wildman–Crippen MR) is 523 cm³/mol. The van der Waals surface area contributed by atoms with Crippen LogP contribution in [0, 0.1) is 0 Å². The Morgan fingerprint density at radius 2 is 0.552 bits per heavy atom. The number of aromatic amines is 5. The summed E-state index contributed by atoms with van der Waals surface area (Å²) in [6.45, 7) is -25.8. The van der Waals surface area contributed by atoms with Crippen LogP contribution in [0.25, 0.3) is 54.5 Å². The molecule has 0 radical (unpaired) electrons. The maximum absolute atomic E-state index is 13.8. The fourth-order valence-corrected chi connectivity index (χ4v) is 18.7. The Morgan fingerprint density at radius 1 is 0.283 bits per heavy atom. The van der Waals surface area contributed by atoms with Crippen molar-refractivity contribution in [3.05, 3.63) is 296 Å². The summed E-state index contributed by atoms with van der Waals surface area (Å²) in [5.41, 5.74) is -5.87. The lowest BCUT2D eigenvalue weighted by Gasteiger charge is -2.46. The summed E-state index contributed by atoms with van der Waals surface area (Å²) >= 11 is 0. The van der Waals surface area contributed by atoms with Crippen LogP contribution in [-0.2, 0) is 79.8 Å². The third kappa shape index (κ3) is 14.2. The van der Waals surface area contributed by atoms with Gasteiger partial charge in [-0.3, -0.25) is 47.9 Å². The smallest absolute Gasteiger partial charge is 0.245 e. The number of rotatable bonds is 5. The molecule has 15 aliphatic heterocycles. The molecular weight excluding hydrogens is 1850 g/mol. The van der Waals surface area contributed by atoms with Gasteiger partial charge in [-0.1, -0.05) is 121 Å². The second kappa shape index (κ2) is 33.9. The monoisotopic (exact) mass is 2000 g/mol. The van der Waals surface area contributed by atoms with Gasteiger partial charge >= 0.3 is 0 Å². The molecule has 35 heteroatoms. The van der Waals surface area contributed by atoms with Crippen LogP contribution >= 0.6 is 0 Å². The third-order valence-corrected chi connectivity index (χ3v) is 25.1. The number of hydrogen-bond donors (Lipinski definition) is 5. The van der Waals surface area contributed by atoms with Gasteiger partial charge in [0.2, 0.25) is 92.9 Å². The van der Waals surface area contributed by atoms with E-state index in [4.69, 9.17) is 106 Å². The zero-order valence-electron chi connectivity index (χ0n) is 127. The van der Waals surface area contributed by atoms with Gasteiger partial charge < -0.3 is 121 Å². The SMILES string of the molecule is [2H]C([2H])([2H])N1CC(=O)N2[C@]([2H])(c3ccc4c(c3)OCO4)c3[nH]c4ccccc4c3C([2H])([2H])[C@]2([2H])C1=O.[2H]C1([2H])Oc2ccc([C@]3([2H])c4[nH]c5ccccc5c4C([2H])([2H])[C@]4([2H])C(=O)N(C([2H])([2H])[2H])CC(=O)N34)cc2O1.[2H]c1c([2H])c([2H])c2c3c([nH]c2c1[2H])[C@@]([2H])(c1ccc2c(c1)OC([2H])([2H])O2)N1C(=O)CN(C([2H])([2H])[2H])C(=O)[C@@]1([2H])C3([2H])[2H].[2H]c1c([2H])c([2H])c2c3c([nH]c2c1[2H])[C@@]([2H])(c1ccc2c(c1)OCO2)N1C(=O)CN(C([2H])([2H])[2H])C(=O)[C@@]1([2H])C3([2H])[2H].[2H]c1c([2H])c([C@]2([2H])c3[nH]c4c([2H])c([2H])c([2H])c([2H])c4c3C([2H])([2H])[C@]3([2H])C(=O)N(C)CC(=O)N23)c([2H])c2c1OC([2H])([2H])O2. The molecule has 5 aromatic heterocycles. The van der Waals surface area contributed by atoms with Crippen LogP contribution in [0.5, 0.6) is 57.5 Å². The minimum atomic E-state index is -3.47. The quantitative estimate of drug-likeness (QED) is 0.107. The first-order valence-corrected chi connectivity index (χ1v) is 43.5. The Kier molecular flexibility index (Phi) is 11.3. The van der Waals surface area contributed by atoms with E-state index in [1.54, 1.807) is 42.5 Å². The van der Waals surface area contributed by atoms with Crippen LogP contribution in [0.3, 0.4) is 0 Å². The molecule has 10 atom stereocenters. The molecule has 10 amide bonds. The lowest BCUT2D eigenvalue weighted by molar-refractivity contribution is -0.157. The topological polar surface area (TPSA) is 374 Å². The number of aromatic nitrogens is 5. The Morgan fingerprint density at radius 3 is 0.903 bits per heavy atom. The van der Waals surface area contributed by atoms with Gasteiger partial charge in [0.1, 0.15) is 38.3 Å². The first-order chi connectivity index (χ1) is 91.3. The van der Waals surface area contributed by atoms with E-state index in [0.717, 1.165) is 18.0 Å². The molecule has 35 nitrogen and oxygen atoms in total. The molecule has 0 unspecified atom stereocenters. The molecule has 730 valence electrons. The maximum atomic E-state index is 13.8. The van der Waals surface area contributed by atoms with Crippen molar-refractivity contribution in [1.82, 2.24) is 73.9 Å². The Labute approximate surface area is 901 Å². The van der Waals surface area contributed by atoms with Crippen molar-refractivity contribution in [2.45, 2.75) is 92.0 Å². The molecule has 5 fully saturated rings. The lowest BCUT2D eigenvalue weighted by atomic mass is 9.86. The molecule has 5 N–H and O–H groups in total. The molecule has 145 heavy (non-hydrogen) atoms. The average Bonchev–Trinajstić information content (AvgIpc) is 1.46. The van der Waals surface area contributed by atoms with Gasteiger partial charge in [0, 0.05) is 180 Å². The standard InChI is InChI=1S/5C22H19N3O4/c5*1-24-10-19(26)25-16(22(24)27)9-14-13-4-2-3-5-15(13)23-20(14)21(25)12-6-7-17-18(8-12)29-11-28-17/h5*2-8,16,21,23H,9-11H2,1H3/t5*16-,21-/m11111/s1/i2D,3D,4D,5D,6D,7D,8D,9D2,11D2,16D,21D;1D3,2D,3D,4D,5D,9D2,11D2,16D,21D;1D3,2D,3D,4D,5D,9D2,16D,21D;1D3,9D2,11D2,16D,21D;1D3,9D2,16D,21D. The van der Waals surface area contributed by atoms with Gasteiger partial charge in [0.15, 0.2) is 57.5 Å². The van der Waals surface area contributed by atoms with E-state index in [-0.39, 0.29) is 139 Å². The van der Waals surface area contributed by atoms with E-state index in [1.807, 2.05) is 0 Å². The first-order valence-electron chi connectivity index (χ1n) is 70.0. The number of hydrogen-bond acceptors (Lipinski definition) is 20. The number of carbonyl (C=O) groups is 10. The molecule has 20 heterocycles. The van der Waals surface area contributed by atoms with E-state index in [0.29, 0.717) is 42.6 Å². The van der Waals surface area contributed by atoms with Crippen molar-refractivity contribution < 1.29 is 168 Å². The van der Waals surface area contributed by atoms with Crippen molar-refractivity contribution in [3.8, 4) is 57.5 Å². The number of benzene rings is 10. The van der Waals surface area contributed by atoms with E-state index < -0.39 is 395 Å². The molecule has 15 aromatic rings. The van der Waals surface area contributed by atoms with E-state index in [2.05, 4.69) is 24.9 Å². The fourth-order valence-electron chi connectivity index (χ4n) is 18.7. The Bertz CT molecular complexity index is 11100. The second-order valence-electron chi connectivity index (χ2n) is 33.4. The van der Waals surface area contributed by atoms with Crippen LogP contribution in [0.2, 0.25) is 0 Å². The highest BCUT2D eigenvalue weighted by Gasteiger charge is 2.55. The van der Waals surface area contributed by atoms with Gasteiger partial charge in [-0.25, -0.2) is 0 Å². The van der Waals surface area contributed by atoms with Crippen LogP contribution < -0.4 is 47.4 Å². The van der Waals surface area contributed by atoms with E-state index in [9.17, 15) is 61.7 Å². The Hall–Kier alpha value is -17.4. The highest BCUT2D eigenvalue weighted by atomic mass is 16.7. The van der Waals surface area contributed by atoms with Crippen molar-refractivity contribution in [1.29, 1.82) is 0 Å². The number of carbonyl (C=O) groups excluding carboxylic acids is 10. The maximum Gasteiger partial charge on any atom is 0.245 e. The zero-order chi connectivity index (χ0) is 145. The largest absolute Gasteiger partial charge is 0.454 e. The number of ether oxygens (including phenoxy) is 10. The number of nitrogens with one attached hydrogen (secondary N) is 5. The minimum absolute atomic E-state index is 0.0112. The van der Waals surface area contributed by atoms with Crippen LogP contribution in [0.15, 0.2) is 212 Å². The number of amides is 10. The summed E-state index contributed by atoms with van der Waals surface area (Å²) in [5.74, 6) is -14.1.